The summed E-state index contributed by atoms with van der Waals surface area (Å²) in [5, 5.41) is 9.40. The van der Waals surface area contributed by atoms with Gasteiger partial charge in [-0.3, -0.25) is 4.57 Å². The molecule has 0 bridgehead atoms. The fraction of sp³-hybridized carbons (Fsp3) is 0.794. The van der Waals surface area contributed by atoms with E-state index in [-0.39, 0.29) is 24.2 Å². The summed E-state index contributed by atoms with van der Waals surface area (Å²) < 4.78 is 29.0. The highest BCUT2D eigenvalue weighted by molar-refractivity contribution is 7.99. The third kappa shape index (κ3) is 19.8. The van der Waals surface area contributed by atoms with E-state index in [0.717, 1.165) is 50.0 Å². The summed E-state index contributed by atoms with van der Waals surface area (Å²) in [5.74, 6) is 2.06. The van der Waals surface area contributed by atoms with Crippen LogP contribution in [0.1, 0.15) is 131 Å². The number of aliphatic carboxylic acids is 1. The molecule has 0 heterocycles. The van der Waals surface area contributed by atoms with Crippen molar-refractivity contribution < 1.29 is 33.4 Å². The SMILES string of the molecule is CCCCCC(CCSCCCCCCCCC(C)OC(CP(=O)(O)OCCC)C(=O)O)Oc1ccc(C(C)(C)C)cc1. The standard InChI is InChI=1S/C34H61O7PS/c1-7-9-14-18-30(41-31-21-19-29(20-22-31)34(4,5)6)23-26-43-25-16-13-11-10-12-15-17-28(3)40-32(33(35)36)27-42(37,38)39-24-8-2/h19-22,28,30,32H,7-18,23-27H2,1-6H3,(H,35,36)(H,37,38). The smallest absolute Gasteiger partial charge is 0.333 e. The number of carboxylic acid groups (broad SMARTS) is 1. The van der Waals surface area contributed by atoms with Gasteiger partial charge in [0, 0.05) is 0 Å². The van der Waals surface area contributed by atoms with Crippen molar-refractivity contribution in [2.24, 2.45) is 0 Å². The Kier molecular flexibility index (Phi) is 20.9. The number of unbranched alkanes of at least 4 members (excludes halogenated alkanes) is 7. The molecule has 4 atom stereocenters. The van der Waals surface area contributed by atoms with E-state index in [0.29, 0.717) is 6.42 Å². The Morgan fingerprint density at radius 2 is 1.51 bits per heavy atom. The number of carbonyl (C=O) groups is 1. The van der Waals surface area contributed by atoms with E-state index < -0.39 is 25.8 Å². The molecule has 250 valence electrons. The van der Waals surface area contributed by atoms with Gasteiger partial charge in [0.1, 0.15) is 5.75 Å². The number of ether oxygens (including phenoxy) is 2. The van der Waals surface area contributed by atoms with Crippen LogP contribution in [0.5, 0.6) is 5.75 Å². The molecule has 0 aliphatic carbocycles. The highest BCUT2D eigenvalue weighted by Gasteiger charge is 2.31. The molecule has 0 amide bonds. The Bertz CT molecular complexity index is 903. The molecule has 1 aromatic rings. The van der Waals surface area contributed by atoms with Gasteiger partial charge in [0.2, 0.25) is 0 Å². The number of hydrogen-bond acceptors (Lipinski definition) is 6. The number of benzene rings is 1. The minimum atomic E-state index is -3.98. The molecule has 0 fully saturated rings. The first kappa shape index (κ1) is 40.0. The zero-order chi connectivity index (χ0) is 32.1. The van der Waals surface area contributed by atoms with Gasteiger partial charge in [-0.2, -0.15) is 11.8 Å². The molecule has 0 saturated heterocycles. The van der Waals surface area contributed by atoms with E-state index in [9.17, 15) is 19.4 Å². The second-order valence-electron chi connectivity index (χ2n) is 12.7. The molecule has 0 aliphatic heterocycles. The van der Waals surface area contributed by atoms with Gasteiger partial charge in [0.05, 0.1) is 25.0 Å². The maximum absolute atomic E-state index is 12.1. The quantitative estimate of drug-likeness (QED) is 0.0759. The molecule has 7 nitrogen and oxygen atoms in total. The molecular weight excluding hydrogens is 583 g/mol. The zero-order valence-corrected chi connectivity index (χ0v) is 29.6. The molecule has 0 saturated carbocycles. The summed E-state index contributed by atoms with van der Waals surface area (Å²) in [6.45, 7) is 12.7. The van der Waals surface area contributed by atoms with Gasteiger partial charge in [0.15, 0.2) is 6.10 Å². The molecule has 0 aromatic heterocycles. The Hall–Kier alpha value is -1.05. The summed E-state index contributed by atoms with van der Waals surface area (Å²) >= 11 is 2.03. The van der Waals surface area contributed by atoms with Gasteiger partial charge < -0.3 is 24.0 Å². The first-order valence-corrected chi connectivity index (χ1v) is 19.5. The van der Waals surface area contributed by atoms with E-state index in [4.69, 9.17) is 14.0 Å². The molecular formula is C34H61O7PS. The van der Waals surface area contributed by atoms with Crippen LogP contribution in [0.3, 0.4) is 0 Å². The van der Waals surface area contributed by atoms with Gasteiger partial charge in [-0.1, -0.05) is 91.7 Å². The fourth-order valence-corrected chi connectivity index (χ4v) is 7.07. The Balaban J connectivity index is 2.21. The van der Waals surface area contributed by atoms with Gasteiger partial charge in [0.25, 0.3) is 0 Å². The lowest BCUT2D eigenvalue weighted by atomic mass is 9.87. The van der Waals surface area contributed by atoms with Crippen molar-refractivity contribution in [1.29, 1.82) is 0 Å². The monoisotopic (exact) mass is 644 g/mol. The van der Waals surface area contributed by atoms with E-state index in [1.54, 1.807) is 0 Å². The van der Waals surface area contributed by atoms with Crippen LogP contribution in [0.25, 0.3) is 0 Å². The zero-order valence-electron chi connectivity index (χ0n) is 27.9. The molecule has 43 heavy (non-hydrogen) atoms. The molecule has 0 radical (unpaired) electrons. The van der Waals surface area contributed by atoms with Crippen molar-refractivity contribution in [3.05, 3.63) is 29.8 Å². The van der Waals surface area contributed by atoms with Crippen LogP contribution in [-0.2, 0) is 24.0 Å². The van der Waals surface area contributed by atoms with Gasteiger partial charge in [-0.25, -0.2) is 4.79 Å². The second kappa shape index (κ2) is 22.5. The minimum Gasteiger partial charge on any atom is -0.490 e. The van der Waals surface area contributed by atoms with Crippen LogP contribution in [0.15, 0.2) is 24.3 Å². The predicted octanol–water partition coefficient (Wildman–Crippen LogP) is 9.64. The van der Waals surface area contributed by atoms with Crippen LogP contribution in [-0.4, -0.2) is 58.6 Å². The first-order chi connectivity index (χ1) is 20.4. The third-order valence-electron chi connectivity index (χ3n) is 7.45. The summed E-state index contributed by atoms with van der Waals surface area (Å²) in [6.07, 6.45) is 12.2. The maximum Gasteiger partial charge on any atom is 0.333 e. The minimum absolute atomic E-state index is 0.121. The van der Waals surface area contributed by atoms with E-state index in [1.165, 1.54) is 49.8 Å². The third-order valence-corrected chi connectivity index (χ3v) is 9.93. The molecule has 4 unspecified atom stereocenters. The van der Waals surface area contributed by atoms with Crippen molar-refractivity contribution in [3.63, 3.8) is 0 Å². The topological polar surface area (TPSA) is 102 Å². The average molecular weight is 645 g/mol. The van der Waals surface area contributed by atoms with Crippen LogP contribution < -0.4 is 4.74 Å². The lowest BCUT2D eigenvalue weighted by Gasteiger charge is -2.22. The lowest BCUT2D eigenvalue weighted by Crippen LogP contribution is -2.31. The lowest BCUT2D eigenvalue weighted by molar-refractivity contribution is -0.152. The highest BCUT2D eigenvalue weighted by Crippen LogP contribution is 2.43. The summed E-state index contributed by atoms with van der Waals surface area (Å²) in [7, 11) is -3.98. The number of carboxylic acids is 1. The summed E-state index contributed by atoms with van der Waals surface area (Å²) in [5.41, 5.74) is 1.48. The van der Waals surface area contributed by atoms with Gasteiger partial charge >= 0.3 is 13.6 Å². The van der Waals surface area contributed by atoms with Crippen molar-refractivity contribution in [2.45, 2.75) is 149 Å². The van der Waals surface area contributed by atoms with E-state index in [2.05, 4.69) is 52.0 Å². The van der Waals surface area contributed by atoms with Crippen molar-refractivity contribution >= 4 is 25.3 Å². The van der Waals surface area contributed by atoms with Crippen molar-refractivity contribution in [2.75, 3.05) is 24.3 Å². The molecule has 2 N–H and O–H groups in total. The number of thioether (sulfide) groups is 1. The molecule has 0 aliphatic rings. The van der Waals surface area contributed by atoms with Gasteiger partial charge in [-0.05, 0) is 80.1 Å². The van der Waals surface area contributed by atoms with Crippen LogP contribution >= 0.6 is 19.4 Å². The summed E-state index contributed by atoms with van der Waals surface area (Å²) in [6, 6.07) is 8.64. The normalized spacial score (nSPS) is 15.5. The van der Waals surface area contributed by atoms with Crippen molar-refractivity contribution in [1.82, 2.24) is 0 Å². The van der Waals surface area contributed by atoms with E-state index >= 15 is 0 Å². The Morgan fingerprint density at radius 3 is 2.12 bits per heavy atom. The average Bonchev–Trinajstić information content (AvgIpc) is 2.94. The van der Waals surface area contributed by atoms with Crippen LogP contribution in [0.2, 0.25) is 0 Å². The first-order valence-electron chi connectivity index (χ1n) is 16.6. The number of rotatable bonds is 26. The fourth-order valence-electron chi connectivity index (χ4n) is 4.79. The highest BCUT2D eigenvalue weighted by atomic mass is 32.2. The predicted molar refractivity (Wildman–Crippen MR) is 181 cm³/mol. The largest absolute Gasteiger partial charge is 0.490 e. The Morgan fingerprint density at radius 1 is 0.884 bits per heavy atom. The maximum atomic E-state index is 12.1. The van der Waals surface area contributed by atoms with Gasteiger partial charge in [-0.15, -0.1) is 0 Å². The van der Waals surface area contributed by atoms with Crippen LogP contribution in [0.4, 0.5) is 0 Å². The molecule has 9 heteroatoms. The molecule has 0 spiro atoms. The number of hydrogen-bond donors (Lipinski definition) is 2. The van der Waals surface area contributed by atoms with Crippen molar-refractivity contribution in [3.8, 4) is 5.75 Å². The summed E-state index contributed by atoms with van der Waals surface area (Å²) in [4.78, 5) is 21.4. The van der Waals surface area contributed by atoms with Crippen LogP contribution in [0, 0.1) is 0 Å². The Labute approximate surface area is 266 Å². The molecule has 1 rings (SSSR count). The second-order valence-corrected chi connectivity index (χ2v) is 15.9. The van der Waals surface area contributed by atoms with E-state index in [1.807, 2.05) is 25.6 Å². The molecule has 1 aromatic carbocycles.